The molecule has 2 aliphatic carbocycles. The van der Waals surface area contributed by atoms with Crippen molar-refractivity contribution in [2.24, 2.45) is 11.8 Å². The van der Waals surface area contributed by atoms with Crippen molar-refractivity contribution in [3.63, 3.8) is 0 Å². The van der Waals surface area contributed by atoms with Crippen LogP contribution in [0.5, 0.6) is 5.75 Å². The smallest absolute Gasteiger partial charge is 0.264 e. The van der Waals surface area contributed by atoms with E-state index in [4.69, 9.17) is 20.9 Å². The number of hydrogen-bond donors (Lipinski definition) is 2. The van der Waals surface area contributed by atoms with E-state index < -0.39 is 26.8 Å². The summed E-state index contributed by atoms with van der Waals surface area (Å²) in [5, 5.41) is 16.6. The van der Waals surface area contributed by atoms with Crippen molar-refractivity contribution in [3.8, 4) is 5.75 Å². The Morgan fingerprint density at radius 3 is 2.69 bits per heavy atom. The Balaban J connectivity index is 1.37. The highest BCUT2D eigenvalue weighted by Crippen LogP contribution is 2.49. The maximum Gasteiger partial charge on any atom is 0.264 e. The van der Waals surface area contributed by atoms with Crippen LogP contribution in [0.1, 0.15) is 91.4 Å². The molecule has 6 rings (SSSR count). The van der Waals surface area contributed by atoms with E-state index in [0.29, 0.717) is 36.9 Å². The summed E-state index contributed by atoms with van der Waals surface area (Å²) in [6, 6.07) is 11.3. The highest BCUT2D eigenvalue weighted by molar-refractivity contribution is 7.90. The second kappa shape index (κ2) is 13.8. The van der Waals surface area contributed by atoms with Crippen LogP contribution in [-0.2, 0) is 28.3 Å². The Morgan fingerprint density at radius 2 is 2.02 bits per heavy atom. The number of halogens is 1. The van der Waals surface area contributed by atoms with Gasteiger partial charge >= 0.3 is 0 Å². The van der Waals surface area contributed by atoms with E-state index in [1.807, 2.05) is 32.1 Å². The molecule has 1 saturated carbocycles. The van der Waals surface area contributed by atoms with E-state index in [-0.39, 0.29) is 22.8 Å². The number of nitrogens with one attached hydrogen (secondary N) is 1. The first-order valence-corrected chi connectivity index (χ1v) is 19.4. The molecule has 49 heavy (non-hydrogen) atoms. The minimum absolute atomic E-state index is 0.0320. The highest BCUT2D eigenvalue weighted by Gasteiger charge is 2.48. The molecule has 1 aliphatic heterocycles. The van der Waals surface area contributed by atoms with Crippen LogP contribution in [0.15, 0.2) is 53.1 Å². The van der Waals surface area contributed by atoms with Gasteiger partial charge in [-0.05, 0) is 120 Å². The maximum atomic E-state index is 13.3. The summed E-state index contributed by atoms with van der Waals surface area (Å²) in [6.45, 7) is 10.7. The fraction of sp³-hybridized carbons (Fsp3) is 0.526. The van der Waals surface area contributed by atoms with Gasteiger partial charge in [0.1, 0.15) is 11.5 Å². The summed E-state index contributed by atoms with van der Waals surface area (Å²) in [5.41, 5.74) is 3.73. The largest absolute Gasteiger partial charge is 0.490 e. The second-order valence-corrected chi connectivity index (χ2v) is 17.2. The average Bonchev–Trinajstić information content (AvgIpc) is 3.26. The number of allylic oxidation sites excluding steroid dienone is 1. The first-order valence-electron chi connectivity index (χ1n) is 17.4. The van der Waals surface area contributed by atoms with E-state index in [1.54, 1.807) is 18.2 Å². The van der Waals surface area contributed by atoms with Gasteiger partial charge in [-0.2, -0.15) is 0 Å². The van der Waals surface area contributed by atoms with Crippen LogP contribution in [0.25, 0.3) is 0 Å². The molecule has 2 aromatic carbocycles. The average molecular weight is 710 g/mol. The van der Waals surface area contributed by atoms with Crippen LogP contribution < -0.4 is 14.4 Å². The number of rotatable bonds is 10. The van der Waals surface area contributed by atoms with E-state index >= 15 is 0 Å². The molecular weight excluding hydrogens is 662 g/mol. The van der Waals surface area contributed by atoms with Gasteiger partial charge in [-0.1, -0.05) is 41.9 Å². The van der Waals surface area contributed by atoms with E-state index in [9.17, 15) is 18.3 Å². The quantitative estimate of drug-likeness (QED) is 0.219. The monoisotopic (exact) mass is 709 g/mol. The van der Waals surface area contributed by atoms with Gasteiger partial charge in [-0.15, -0.1) is 0 Å². The van der Waals surface area contributed by atoms with Crippen molar-refractivity contribution in [3.05, 3.63) is 87.3 Å². The lowest BCUT2D eigenvalue weighted by atomic mass is 9.62. The standard InChI is InChI=1S/C38H48ClN3O6S/c1-6-7-17-38(44,20-33-25(4)26(5)48-40-33)32-13-10-29(32)21-42-22-37(16-8-9-27-18-30(39)12-14-31(27)37)23-47-35-15-11-28(19-34(35)42)36(43)41-49(45,46)24(2)3/h7,11-12,14-15,17-19,24,29,32,44H,6,8-10,13,16,20-23H2,1-5H3,(H,41,43)/b17-7+/t29-,32+,37-,38-/m0/s1. The summed E-state index contributed by atoms with van der Waals surface area (Å²) in [5.74, 6) is 0.827. The van der Waals surface area contributed by atoms with Crippen molar-refractivity contribution < 1.29 is 27.6 Å². The molecule has 264 valence electrons. The number of aryl methyl sites for hydroxylation is 2. The minimum atomic E-state index is -3.82. The third-order valence-corrected chi connectivity index (χ3v) is 13.0. The lowest BCUT2D eigenvalue weighted by molar-refractivity contribution is -0.0456. The summed E-state index contributed by atoms with van der Waals surface area (Å²) in [7, 11) is -3.82. The van der Waals surface area contributed by atoms with E-state index in [1.165, 1.54) is 25.0 Å². The van der Waals surface area contributed by atoms with Gasteiger partial charge in [-0.25, -0.2) is 13.1 Å². The third kappa shape index (κ3) is 7.01. The fourth-order valence-electron chi connectivity index (χ4n) is 7.82. The molecule has 1 fully saturated rings. The Labute approximate surface area is 295 Å². The van der Waals surface area contributed by atoms with Gasteiger partial charge in [0.15, 0.2) is 0 Å². The van der Waals surface area contributed by atoms with Gasteiger partial charge in [0.2, 0.25) is 10.0 Å². The number of carbonyl (C=O) groups excluding carboxylic acids is 1. The Morgan fingerprint density at radius 1 is 1.22 bits per heavy atom. The van der Waals surface area contributed by atoms with Crippen LogP contribution in [0.2, 0.25) is 5.02 Å². The third-order valence-electron chi connectivity index (χ3n) is 11.0. The number of amides is 1. The van der Waals surface area contributed by atoms with Crippen LogP contribution in [-0.4, -0.2) is 55.1 Å². The second-order valence-electron chi connectivity index (χ2n) is 14.5. The molecule has 9 nitrogen and oxygen atoms in total. The first-order chi connectivity index (χ1) is 23.2. The molecule has 2 heterocycles. The number of aliphatic hydroxyl groups is 1. The van der Waals surface area contributed by atoms with Crippen molar-refractivity contribution in [2.45, 2.75) is 95.8 Å². The molecule has 2 N–H and O–H groups in total. The number of fused-ring (bicyclic) bond motifs is 3. The number of aromatic nitrogens is 1. The Kier molecular flexibility index (Phi) is 9.96. The van der Waals surface area contributed by atoms with Crippen molar-refractivity contribution >= 4 is 33.2 Å². The van der Waals surface area contributed by atoms with E-state index in [0.717, 1.165) is 61.2 Å². The summed E-state index contributed by atoms with van der Waals surface area (Å²) >= 11 is 6.45. The molecule has 1 spiro atoms. The van der Waals surface area contributed by atoms with Gasteiger partial charge < -0.3 is 19.3 Å². The van der Waals surface area contributed by atoms with Gasteiger partial charge in [0, 0.05) is 41.1 Å². The van der Waals surface area contributed by atoms with Gasteiger partial charge in [0.25, 0.3) is 5.91 Å². The zero-order valence-electron chi connectivity index (χ0n) is 29.1. The SMILES string of the molecule is CC/C=C/[C@](O)(Cc1noc(C)c1C)[C@@H]1CC[C@H]1CN1C[C@@]2(CCCc3cc(Cl)ccc32)COc2ccc(C(=O)NS(=O)(=O)C(C)C)cc21. The number of anilines is 1. The lowest BCUT2D eigenvalue weighted by Gasteiger charge is -2.49. The molecular formula is C38H48ClN3O6S. The van der Waals surface area contributed by atoms with Gasteiger partial charge in [0.05, 0.1) is 28.8 Å². The lowest BCUT2D eigenvalue weighted by Crippen LogP contribution is -2.53. The van der Waals surface area contributed by atoms with Crippen LogP contribution >= 0.6 is 11.6 Å². The number of ether oxygens (including phenoxy) is 1. The minimum Gasteiger partial charge on any atom is -0.490 e. The normalized spacial score (nSPS) is 23.4. The summed E-state index contributed by atoms with van der Waals surface area (Å²) in [4.78, 5) is 15.6. The summed E-state index contributed by atoms with van der Waals surface area (Å²) in [6.07, 6.45) is 9.81. The number of hydrogen-bond acceptors (Lipinski definition) is 8. The predicted octanol–water partition coefficient (Wildman–Crippen LogP) is 6.85. The zero-order chi connectivity index (χ0) is 35.1. The Hall–Kier alpha value is -3.34. The van der Waals surface area contributed by atoms with Crippen LogP contribution in [0.4, 0.5) is 5.69 Å². The fourth-order valence-corrected chi connectivity index (χ4v) is 8.63. The van der Waals surface area contributed by atoms with Crippen LogP contribution in [0, 0.1) is 25.7 Å². The molecule has 0 radical (unpaired) electrons. The molecule has 0 saturated heterocycles. The number of nitrogens with zero attached hydrogens (tertiary/aromatic N) is 2. The summed E-state index contributed by atoms with van der Waals surface area (Å²) < 4.78 is 39.5. The number of carbonyl (C=O) groups is 1. The molecule has 3 aliphatic rings. The number of sulfonamides is 1. The molecule has 0 bridgehead atoms. The van der Waals surface area contributed by atoms with E-state index in [2.05, 4.69) is 33.8 Å². The van der Waals surface area contributed by atoms with Crippen molar-refractivity contribution in [2.75, 3.05) is 24.6 Å². The molecule has 3 aromatic rings. The molecule has 0 unspecified atom stereocenters. The van der Waals surface area contributed by atoms with Crippen molar-refractivity contribution in [1.82, 2.24) is 9.88 Å². The maximum absolute atomic E-state index is 13.3. The molecule has 4 atom stereocenters. The van der Waals surface area contributed by atoms with Gasteiger partial charge in [-0.3, -0.25) is 4.79 Å². The molecule has 11 heteroatoms. The van der Waals surface area contributed by atoms with Crippen molar-refractivity contribution in [1.29, 1.82) is 0 Å². The Bertz CT molecular complexity index is 1860. The molecule has 1 amide bonds. The zero-order valence-corrected chi connectivity index (χ0v) is 30.7. The number of benzene rings is 2. The topological polar surface area (TPSA) is 122 Å². The predicted molar refractivity (Wildman–Crippen MR) is 192 cm³/mol. The first kappa shape index (κ1) is 35.5. The highest BCUT2D eigenvalue weighted by atomic mass is 35.5. The van der Waals surface area contributed by atoms with Crippen LogP contribution in [0.3, 0.4) is 0 Å². The molecule has 1 aromatic heterocycles.